The summed E-state index contributed by atoms with van der Waals surface area (Å²) in [6, 6.07) is 28.1. The molecule has 3 aromatic carbocycles. The Kier molecular flexibility index (Phi) is 5.46. The van der Waals surface area contributed by atoms with Crippen LogP contribution in [0.15, 0.2) is 78.9 Å². The first-order chi connectivity index (χ1) is 12.9. The van der Waals surface area contributed by atoms with Gasteiger partial charge in [-0.2, -0.15) is 11.8 Å². The molecule has 0 saturated carbocycles. The second kappa shape index (κ2) is 8.33. The van der Waals surface area contributed by atoms with Crippen molar-refractivity contribution in [3.8, 4) is 11.1 Å². The van der Waals surface area contributed by atoms with Gasteiger partial charge in [-0.3, -0.25) is 0 Å². The molecule has 1 aliphatic heterocycles. The molecule has 3 aromatic rings. The topological polar surface area (TPSA) is 15.3 Å². The first kappa shape index (κ1) is 17.0. The summed E-state index contributed by atoms with van der Waals surface area (Å²) in [5.74, 6) is 2.46. The van der Waals surface area contributed by atoms with Crippen LogP contribution in [-0.4, -0.2) is 24.6 Å². The van der Waals surface area contributed by atoms with Crippen molar-refractivity contribution in [2.75, 3.05) is 34.8 Å². The molecule has 4 rings (SSSR count). The number of nitrogens with zero attached hydrogens (tertiary/aromatic N) is 1. The molecular formula is C23H24N2S. The number of nitrogens with one attached hydrogen (secondary N) is 1. The number of rotatable bonds is 5. The average Bonchev–Trinajstić information content (AvgIpc) is 2.74. The lowest BCUT2D eigenvalue weighted by Crippen LogP contribution is -2.32. The smallest absolute Gasteiger partial charge is 0.0400 e. The average molecular weight is 361 g/mol. The summed E-state index contributed by atoms with van der Waals surface area (Å²) >= 11 is 2.05. The Labute approximate surface area is 160 Å². The van der Waals surface area contributed by atoms with Gasteiger partial charge in [0.05, 0.1) is 0 Å². The van der Waals surface area contributed by atoms with Crippen LogP contribution in [0.2, 0.25) is 0 Å². The summed E-state index contributed by atoms with van der Waals surface area (Å²) in [6.45, 7) is 3.14. The Morgan fingerprint density at radius 2 is 1.50 bits per heavy atom. The fourth-order valence-electron chi connectivity index (χ4n) is 3.28. The highest BCUT2D eigenvalue weighted by atomic mass is 32.2. The minimum atomic E-state index is 0.842. The summed E-state index contributed by atoms with van der Waals surface area (Å²) in [7, 11) is 0. The second-order valence-corrected chi connectivity index (χ2v) is 7.79. The summed E-state index contributed by atoms with van der Waals surface area (Å²) < 4.78 is 0. The molecule has 26 heavy (non-hydrogen) atoms. The van der Waals surface area contributed by atoms with E-state index in [4.69, 9.17) is 0 Å². The van der Waals surface area contributed by atoms with Gasteiger partial charge in [0.25, 0.3) is 0 Å². The van der Waals surface area contributed by atoms with Crippen LogP contribution < -0.4 is 10.2 Å². The van der Waals surface area contributed by atoms with Crippen molar-refractivity contribution in [3.05, 3.63) is 84.4 Å². The molecule has 0 radical (unpaired) electrons. The molecule has 0 bridgehead atoms. The number of hydrogen-bond acceptors (Lipinski definition) is 3. The quantitative estimate of drug-likeness (QED) is 0.645. The van der Waals surface area contributed by atoms with Gasteiger partial charge in [0.2, 0.25) is 0 Å². The molecule has 1 saturated heterocycles. The molecule has 1 N–H and O–H groups in total. The summed E-state index contributed by atoms with van der Waals surface area (Å²) in [5.41, 5.74) is 6.34. The van der Waals surface area contributed by atoms with Crippen molar-refractivity contribution in [1.82, 2.24) is 0 Å². The van der Waals surface area contributed by atoms with Gasteiger partial charge in [-0.1, -0.05) is 60.7 Å². The lowest BCUT2D eigenvalue weighted by atomic mass is 10.0. The molecule has 0 spiro atoms. The third kappa shape index (κ3) is 4.23. The van der Waals surface area contributed by atoms with Gasteiger partial charge in [-0.15, -0.1) is 0 Å². The summed E-state index contributed by atoms with van der Waals surface area (Å²) in [4.78, 5) is 2.48. The highest BCUT2D eigenvalue weighted by Gasteiger charge is 2.11. The summed E-state index contributed by atoms with van der Waals surface area (Å²) in [5, 5.41) is 3.57. The van der Waals surface area contributed by atoms with Crippen molar-refractivity contribution in [1.29, 1.82) is 0 Å². The lowest BCUT2D eigenvalue weighted by molar-refractivity contribution is 0.859. The molecule has 132 valence electrons. The second-order valence-electron chi connectivity index (χ2n) is 6.57. The molecule has 2 nitrogen and oxygen atoms in total. The van der Waals surface area contributed by atoms with Crippen LogP contribution in [0, 0.1) is 0 Å². The van der Waals surface area contributed by atoms with Crippen molar-refractivity contribution in [2.45, 2.75) is 6.54 Å². The normalized spacial score (nSPS) is 14.2. The van der Waals surface area contributed by atoms with Crippen LogP contribution in [0.1, 0.15) is 5.56 Å². The van der Waals surface area contributed by atoms with Crippen molar-refractivity contribution < 1.29 is 0 Å². The van der Waals surface area contributed by atoms with E-state index in [1.54, 1.807) is 0 Å². The van der Waals surface area contributed by atoms with E-state index in [9.17, 15) is 0 Å². The molecule has 0 atom stereocenters. The van der Waals surface area contributed by atoms with Gasteiger partial charge < -0.3 is 10.2 Å². The van der Waals surface area contributed by atoms with Crippen LogP contribution in [0.25, 0.3) is 11.1 Å². The maximum atomic E-state index is 3.57. The Morgan fingerprint density at radius 3 is 2.27 bits per heavy atom. The number of benzene rings is 3. The molecule has 0 unspecified atom stereocenters. The maximum Gasteiger partial charge on any atom is 0.0400 e. The SMILES string of the molecule is c1ccc(-c2ccc(CNc3cccc(N4CCSCC4)c3)cc2)cc1. The zero-order chi connectivity index (χ0) is 17.6. The first-order valence-electron chi connectivity index (χ1n) is 9.19. The van der Waals surface area contributed by atoms with E-state index in [0.29, 0.717) is 0 Å². The van der Waals surface area contributed by atoms with E-state index in [1.807, 2.05) is 11.8 Å². The highest BCUT2D eigenvalue weighted by molar-refractivity contribution is 7.99. The standard InChI is InChI=1S/C23H24N2S/c1-2-5-20(6-3-1)21-11-9-19(10-12-21)18-24-22-7-4-8-23(17-22)25-13-15-26-16-14-25/h1-12,17,24H,13-16,18H2. The molecular weight excluding hydrogens is 336 g/mol. The third-order valence-electron chi connectivity index (χ3n) is 4.78. The van der Waals surface area contributed by atoms with Gasteiger partial charge in [-0.25, -0.2) is 0 Å². The lowest BCUT2D eigenvalue weighted by Gasteiger charge is -2.28. The minimum absolute atomic E-state index is 0.842. The molecule has 1 aliphatic rings. The van der Waals surface area contributed by atoms with Crippen molar-refractivity contribution >= 4 is 23.1 Å². The minimum Gasteiger partial charge on any atom is -0.381 e. The van der Waals surface area contributed by atoms with Gasteiger partial charge in [0.1, 0.15) is 0 Å². The van der Waals surface area contributed by atoms with E-state index in [2.05, 4.69) is 89.1 Å². The maximum absolute atomic E-state index is 3.57. The van der Waals surface area contributed by atoms with E-state index in [0.717, 1.165) is 19.6 Å². The monoisotopic (exact) mass is 360 g/mol. The van der Waals surface area contributed by atoms with Gasteiger partial charge in [0, 0.05) is 42.5 Å². The van der Waals surface area contributed by atoms with Gasteiger partial charge in [0.15, 0.2) is 0 Å². The number of anilines is 2. The van der Waals surface area contributed by atoms with E-state index >= 15 is 0 Å². The fourth-order valence-corrected chi connectivity index (χ4v) is 4.19. The van der Waals surface area contributed by atoms with Crippen LogP contribution in [-0.2, 0) is 6.54 Å². The molecule has 3 heteroatoms. The van der Waals surface area contributed by atoms with Crippen molar-refractivity contribution in [3.63, 3.8) is 0 Å². The fraction of sp³-hybridized carbons (Fsp3) is 0.217. The zero-order valence-corrected chi connectivity index (χ0v) is 15.7. The van der Waals surface area contributed by atoms with Crippen LogP contribution >= 0.6 is 11.8 Å². The summed E-state index contributed by atoms with van der Waals surface area (Å²) in [6.07, 6.45) is 0. The largest absolute Gasteiger partial charge is 0.381 e. The Balaban J connectivity index is 1.39. The third-order valence-corrected chi connectivity index (χ3v) is 5.72. The van der Waals surface area contributed by atoms with E-state index < -0.39 is 0 Å². The van der Waals surface area contributed by atoms with Gasteiger partial charge >= 0.3 is 0 Å². The first-order valence-corrected chi connectivity index (χ1v) is 10.3. The predicted molar refractivity (Wildman–Crippen MR) is 115 cm³/mol. The number of thioether (sulfide) groups is 1. The Bertz CT molecular complexity index is 824. The Hall–Kier alpha value is -2.39. The van der Waals surface area contributed by atoms with Crippen molar-refractivity contribution in [2.24, 2.45) is 0 Å². The molecule has 0 aromatic heterocycles. The molecule has 1 heterocycles. The van der Waals surface area contributed by atoms with Crippen LogP contribution in [0.4, 0.5) is 11.4 Å². The Morgan fingerprint density at radius 1 is 0.769 bits per heavy atom. The highest BCUT2D eigenvalue weighted by Crippen LogP contribution is 2.24. The van der Waals surface area contributed by atoms with E-state index in [1.165, 1.54) is 39.6 Å². The van der Waals surface area contributed by atoms with Gasteiger partial charge in [-0.05, 0) is 34.9 Å². The molecule has 0 aliphatic carbocycles. The number of hydrogen-bond donors (Lipinski definition) is 1. The molecule has 1 fully saturated rings. The predicted octanol–water partition coefficient (Wildman–Crippen LogP) is 5.52. The zero-order valence-electron chi connectivity index (χ0n) is 14.9. The molecule has 0 amide bonds. The van der Waals surface area contributed by atoms with Crippen LogP contribution in [0.5, 0.6) is 0 Å². The van der Waals surface area contributed by atoms with Crippen LogP contribution in [0.3, 0.4) is 0 Å². The van der Waals surface area contributed by atoms with E-state index in [-0.39, 0.29) is 0 Å².